The van der Waals surface area contributed by atoms with Gasteiger partial charge in [0.05, 0.1) is 11.7 Å². The van der Waals surface area contributed by atoms with Gasteiger partial charge in [0.1, 0.15) is 0 Å². The molecular weight excluding hydrogens is 172 g/mol. The first-order chi connectivity index (χ1) is 6.74. The second-order valence-corrected chi connectivity index (χ2v) is 3.89. The SMILES string of the molecule is CCc1cccc2c1cnn2C(C)C. The predicted molar refractivity (Wildman–Crippen MR) is 59.5 cm³/mol. The van der Waals surface area contributed by atoms with Crippen LogP contribution in [0.25, 0.3) is 10.9 Å². The molecule has 0 aliphatic heterocycles. The highest BCUT2D eigenvalue weighted by Crippen LogP contribution is 2.21. The van der Waals surface area contributed by atoms with E-state index in [-0.39, 0.29) is 0 Å². The molecule has 0 atom stereocenters. The summed E-state index contributed by atoms with van der Waals surface area (Å²) in [4.78, 5) is 0. The van der Waals surface area contributed by atoms with Crippen molar-refractivity contribution in [1.82, 2.24) is 9.78 Å². The van der Waals surface area contributed by atoms with Gasteiger partial charge in [-0.25, -0.2) is 0 Å². The van der Waals surface area contributed by atoms with Crippen molar-refractivity contribution >= 4 is 10.9 Å². The van der Waals surface area contributed by atoms with Gasteiger partial charge in [0.2, 0.25) is 0 Å². The Morgan fingerprint density at radius 3 is 2.79 bits per heavy atom. The number of benzene rings is 1. The second kappa shape index (κ2) is 3.45. The molecule has 0 radical (unpaired) electrons. The molecule has 0 N–H and O–H groups in total. The van der Waals surface area contributed by atoms with Crippen molar-refractivity contribution in [3.63, 3.8) is 0 Å². The van der Waals surface area contributed by atoms with E-state index in [4.69, 9.17) is 0 Å². The molecule has 2 rings (SSSR count). The van der Waals surface area contributed by atoms with Gasteiger partial charge in [-0.15, -0.1) is 0 Å². The number of rotatable bonds is 2. The Labute approximate surface area is 84.5 Å². The first-order valence-corrected chi connectivity index (χ1v) is 5.19. The number of hydrogen-bond donors (Lipinski definition) is 0. The number of nitrogens with zero attached hydrogens (tertiary/aromatic N) is 2. The monoisotopic (exact) mass is 188 g/mol. The van der Waals surface area contributed by atoms with E-state index in [1.54, 1.807) is 0 Å². The first-order valence-electron chi connectivity index (χ1n) is 5.19. The molecule has 1 aromatic heterocycles. The summed E-state index contributed by atoms with van der Waals surface area (Å²) in [7, 11) is 0. The summed E-state index contributed by atoms with van der Waals surface area (Å²) < 4.78 is 2.08. The maximum atomic E-state index is 4.42. The lowest BCUT2D eigenvalue weighted by Crippen LogP contribution is -2.01. The Kier molecular flexibility index (Phi) is 2.28. The topological polar surface area (TPSA) is 17.8 Å². The van der Waals surface area contributed by atoms with Crippen molar-refractivity contribution in [2.75, 3.05) is 0 Å². The summed E-state index contributed by atoms with van der Waals surface area (Å²) >= 11 is 0. The Morgan fingerprint density at radius 2 is 2.14 bits per heavy atom. The van der Waals surface area contributed by atoms with Crippen molar-refractivity contribution in [2.45, 2.75) is 33.2 Å². The van der Waals surface area contributed by atoms with Gasteiger partial charge in [-0.3, -0.25) is 4.68 Å². The molecule has 74 valence electrons. The van der Waals surface area contributed by atoms with E-state index in [0.717, 1.165) is 6.42 Å². The lowest BCUT2D eigenvalue weighted by Gasteiger charge is -2.07. The Morgan fingerprint density at radius 1 is 1.36 bits per heavy atom. The third kappa shape index (κ3) is 1.31. The summed E-state index contributed by atoms with van der Waals surface area (Å²) in [5.74, 6) is 0. The highest BCUT2D eigenvalue weighted by Gasteiger charge is 2.07. The van der Waals surface area contributed by atoms with Crippen LogP contribution in [0.5, 0.6) is 0 Å². The molecule has 0 fully saturated rings. The maximum absolute atomic E-state index is 4.42. The lowest BCUT2D eigenvalue weighted by atomic mass is 10.1. The molecule has 0 aliphatic carbocycles. The van der Waals surface area contributed by atoms with Crippen LogP contribution < -0.4 is 0 Å². The van der Waals surface area contributed by atoms with Gasteiger partial charge in [-0.2, -0.15) is 5.10 Å². The average molecular weight is 188 g/mol. The fourth-order valence-corrected chi connectivity index (χ4v) is 1.85. The van der Waals surface area contributed by atoms with Crippen LogP contribution >= 0.6 is 0 Å². The van der Waals surface area contributed by atoms with Gasteiger partial charge in [0.15, 0.2) is 0 Å². The van der Waals surface area contributed by atoms with E-state index in [9.17, 15) is 0 Å². The van der Waals surface area contributed by atoms with Crippen LogP contribution in [0.2, 0.25) is 0 Å². The molecule has 0 saturated carbocycles. The van der Waals surface area contributed by atoms with Crippen LogP contribution in [0.1, 0.15) is 32.4 Å². The molecule has 0 spiro atoms. The third-order valence-electron chi connectivity index (χ3n) is 2.60. The van der Waals surface area contributed by atoms with Crippen molar-refractivity contribution in [2.24, 2.45) is 0 Å². The molecule has 2 nitrogen and oxygen atoms in total. The van der Waals surface area contributed by atoms with Gasteiger partial charge < -0.3 is 0 Å². The van der Waals surface area contributed by atoms with Crippen LogP contribution in [-0.4, -0.2) is 9.78 Å². The van der Waals surface area contributed by atoms with Crippen LogP contribution in [0.3, 0.4) is 0 Å². The minimum absolute atomic E-state index is 0.430. The number of hydrogen-bond acceptors (Lipinski definition) is 1. The summed E-state index contributed by atoms with van der Waals surface area (Å²) in [6, 6.07) is 6.86. The minimum atomic E-state index is 0.430. The molecule has 0 saturated heterocycles. The van der Waals surface area contributed by atoms with Crippen LogP contribution in [-0.2, 0) is 6.42 Å². The molecule has 0 unspecified atom stereocenters. The zero-order valence-electron chi connectivity index (χ0n) is 8.99. The Bertz CT molecular complexity index is 441. The Hall–Kier alpha value is -1.31. The van der Waals surface area contributed by atoms with E-state index in [0.29, 0.717) is 6.04 Å². The van der Waals surface area contributed by atoms with Gasteiger partial charge in [-0.05, 0) is 31.9 Å². The fraction of sp³-hybridized carbons (Fsp3) is 0.417. The zero-order valence-corrected chi connectivity index (χ0v) is 8.99. The summed E-state index contributed by atoms with van der Waals surface area (Å²) in [6.45, 7) is 6.50. The highest BCUT2D eigenvalue weighted by molar-refractivity contribution is 5.82. The van der Waals surface area contributed by atoms with Gasteiger partial charge in [0.25, 0.3) is 0 Å². The second-order valence-electron chi connectivity index (χ2n) is 3.89. The van der Waals surface area contributed by atoms with Crippen LogP contribution in [0, 0.1) is 0 Å². The zero-order chi connectivity index (χ0) is 10.1. The number of fused-ring (bicyclic) bond motifs is 1. The van der Waals surface area contributed by atoms with Crippen LogP contribution in [0.15, 0.2) is 24.4 Å². The van der Waals surface area contributed by atoms with E-state index in [1.165, 1.54) is 16.5 Å². The van der Waals surface area contributed by atoms with Crippen molar-refractivity contribution in [3.8, 4) is 0 Å². The Balaban J connectivity index is 2.69. The quantitative estimate of drug-likeness (QED) is 0.707. The van der Waals surface area contributed by atoms with E-state index < -0.39 is 0 Å². The average Bonchev–Trinajstić information content (AvgIpc) is 2.60. The summed E-state index contributed by atoms with van der Waals surface area (Å²) in [5, 5.41) is 5.72. The lowest BCUT2D eigenvalue weighted by molar-refractivity contribution is 0.551. The van der Waals surface area contributed by atoms with E-state index >= 15 is 0 Å². The smallest absolute Gasteiger partial charge is 0.0688 e. The molecule has 0 bridgehead atoms. The largest absolute Gasteiger partial charge is 0.262 e. The van der Waals surface area contributed by atoms with Crippen LogP contribution in [0.4, 0.5) is 0 Å². The molecular formula is C12H16N2. The molecule has 2 heteroatoms. The molecule has 2 aromatic rings. The predicted octanol–water partition coefficient (Wildman–Crippen LogP) is 3.18. The number of aryl methyl sites for hydroxylation is 1. The first kappa shape index (κ1) is 9.25. The molecule has 1 aromatic carbocycles. The van der Waals surface area contributed by atoms with Crippen molar-refractivity contribution in [1.29, 1.82) is 0 Å². The van der Waals surface area contributed by atoms with Crippen molar-refractivity contribution in [3.05, 3.63) is 30.0 Å². The molecule has 14 heavy (non-hydrogen) atoms. The van der Waals surface area contributed by atoms with E-state index in [2.05, 4.69) is 48.8 Å². The standard InChI is InChI=1S/C12H16N2/c1-4-10-6-5-7-12-11(10)8-13-14(12)9(2)3/h5-9H,4H2,1-3H3. The number of aromatic nitrogens is 2. The van der Waals surface area contributed by atoms with Gasteiger partial charge in [-0.1, -0.05) is 19.1 Å². The third-order valence-corrected chi connectivity index (χ3v) is 2.60. The maximum Gasteiger partial charge on any atom is 0.0688 e. The fourth-order valence-electron chi connectivity index (χ4n) is 1.85. The summed E-state index contributed by atoms with van der Waals surface area (Å²) in [6.07, 6.45) is 3.05. The van der Waals surface area contributed by atoms with Gasteiger partial charge >= 0.3 is 0 Å². The normalized spacial score (nSPS) is 11.4. The molecule has 0 aliphatic rings. The van der Waals surface area contributed by atoms with Gasteiger partial charge in [0, 0.05) is 11.4 Å². The van der Waals surface area contributed by atoms with Crippen molar-refractivity contribution < 1.29 is 0 Å². The molecule has 0 amide bonds. The summed E-state index contributed by atoms with van der Waals surface area (Å²) in [5.41, 5.74) is 2.63. The highest BCUT2D eigenvalue weighted by atomic mass is 15.3. The molecule has 1 heterocycles. The minimum Gasteiger partial charge on any atom is -0.262 e. The van der Waals surface area contributed by atoms with E-state index in [1.807, 2.05) is 6.20 Å².